The highest BCUT2D eigenvalue weighted by atomic mass is 16.4. The van der Waals surface area contributed by atoms with E-state index in [1.165, 1.54) is 24.3 Å². The van der Waals surface area contributed by atoms with Gasteiger partial charge in [0.15, 0.2) is 0 Å². The van der Waals surface area contributed by atoms with Gasteiger partial charge >= 0.3 is 12.0 Å². The first-order chi connectivity index (χ1) is 9.97. The van der Waals surface area contributed by atoms with Crippen LogP contribution in [0.3, 0.4) is 0 Å². The fourth-order valence-electron chi connectivity index (χ4n) is 2.27. The molecule has 0 bridgehead atoms. The lowest BCUT2D eigenvalue weighted by molar-refractivity contribution is -0.122. The fourth-order valence-corrected chi connectivity index (χ4v) is 2.27. The number of anilines is 1. The Bertz CT molecular complexity index is 548. The Morgan fingerprint density at radius 2 is 1.71 bits per heavy atom. The van der Waals surface area contributed by atoms with Crippen LogP contribution in [0.25, 0.3) is 0 Å². The monoisotopic (exact) mass is 291 g/mol. The lowest BCUT2D eigenvalue weighted by Gasteiger charge is -2.30. The molecule has 1 heterocycles. The third kappa shape index (κ3) is 3.71. The number of nitrogens with one attached hydrogen (secondary N) is 1. The van der Waals surface area contributed by atoms with E-state index < -0.39 is 5.97 Å². The summed E-state index contributed by atoms with van der Waals surface area (Å²) in [6.45, 7) is 0.958. The Morgan fingerprint density at radius 3 is 2.19 bits per heavy atom. The van der Waals surface area contributed by atoms with Crippen molar-refractivity contribution in [1.29, 1.82) is 0 Å². The van der Waals surface area contributed by atoms with E-state index in [9.17, 15) is 14.4 Å². The van der Waals surface area contributed by atoms with Crippen molar-refractivity contribution in [3.63, 3.8) is 0 Å². The van der Waals surface area contributed by atoms with Crippen molar-refractivity contribution in [2.75, 3.05) is 18.4 Å². The Hall–Kier alpha value is -2.57. The molecule has 1 aromatic rings. The Morgan fingerprint density at radius 1 is 1.14 bits per heavy atom. The SMILES string of the molecule is NC(=O)C1CCN(C(=O)Nc2ccc(C(=O)O)cc2)CC1. The van der Waals surface area contributed by atoms with Crippen molar-refractivity contribution >= 4 is 23.6 Å². The van der Waals surface area contributed by atoms with E-state index in [0.29, 0.717) is 31.6 Å². The van der Waals surface area contributed by atoms with Gasteiger partial charge in [-0.1, -0.05) is 0 Å². The third-order valence-electron chi connectivity index (χ3n) is 3.57. The van der Waals surface area contributed by atoms with Gasteiger partial charge in [-0.2, -0.15) is 0 Å². The number of nitrogens with zero attached hydrogens (tertiary/aromatic N) is 1. The number of carboxylic acids is 1. The summed E-state index contributed by atoms with van der Waals surface area (Å²) in [6.07, 6.45) is 1.14. The van der Waals surface area contributed by atoms with E-state index in [2.05, 4.69) is 5.32 Å². The number of likely N-dealkylation sites (tertiary alicyclic amines) is 1. The zero-order chi connectivity index (χ0) is 15.4. The predicted octanol–water partition coefficient (Wildman–Crippen LogP) is 1.11. The van der Waals surface area contributed by atoms with Crippen LogP contribution in [0.4, 0.5) is 10.5 Å². The van der Waals surface area contributed by atoms with Crippen molar-refractivity contribution in [3.05, 3.63) is 29.8 Å². The van der Waals surface area contributed by atoms with Gasteiger partial charge in [-0.15, -0.1) is 0 Å². The maximum Gasteiger partial charge on any atom is 0.335 e. The van der Waals surface area contributed by atoms with Gasteiger partial charge in [-0.25, -0.2) is 9.59 Å². The number of carbonyl (C=O) groups is 3. The first-order valence-electron chi connectivity index (χ1n) is 6.66. The maximum atomic E-state index is 12.0. The smallest absolute Gasteiger partial charge is 0.335 e. The summed E-state index contributed by atoms with van der Waals surface area (Å²) in [6, 6.07) is 5.67. The molecule has 1 aliphatic rings. The van der Waals surface area contributed by atoms with Gasteiger partial charge < -0.3 is 21.1 Å². The summed E-state index contributed by atoms with van der Waals surface area (Å²) >= 11 is 0. The molecule has 1 aromatic carbocycles. The molecule has 4 N–H and O–H groups in total. The van der Waals surface area contributed by atoms with Crippen LogP contribution in [0.1, 0.15) is 23.2 Å². The van der Waals surface area contributed by atoms with E-state index >= 15 is 0 Å². The van der Waals surface area contributed by atoms with Crippen molar-refractivity contribution in [2.45, 2.75) is 12.8 Å². The molecule has 0 atom stereocenters. The first-order valence-corrected chi connectivity index (χ1v) is 6.66. The van der Waals surface area contributed by atoms with Crippen LogP contribution in [0, 0.1) is 5.92 Å². The summed E-state index contributed by atoms with van der Waals surface area (Å²) in [7, 11) is 0. The number of carboxylic acid groups (broad SMARTS) is 1. The second-order valence-corrected chi connectivity index (χ2v) is 4.98. The second kappa shape index (κ2) is 6.25. The van der Waals surface area contributed by atoms with Crippen LogP contribution < -0.4 is 11.1 Å². The number of hydrogen-bond acceptors (Lipinski definition) is 3. The lowest BCUT2D eigenvalue weighted by Crippen LogP contribution is -2.43. The molecule has 0 aromatic heterocycles. The fraction of sp³-hybridized carbons (Fsp3) is 0.357. The molecule has 1 saturated heterocycles. The molecular weight excluding hydrogens is 274 g/mol. The standard InChI is InChI=1S/C14H17N3O4/c15-12(18)9-5-7-17(8-6-9)14(21)16-11-3-1-10(2-4-11)13(19)20/h1-4,9H,5-8H2,(H2,15,18)(H,16,21)(H,19,20). The number of piperidine rings is 1. The first kappa shape index (κ1) is 14.8. The Balaban J connectivity index is 1.90. The van der Waals surface area contributed by atoms with Crippen LogP contribution in [-0.2, 0) is 4.79 Å². The van der Waals surface area contributed by atoms with Crippen LogP contribution in [0.5, 0.6) is 0 Å². The van der Waals surface area contributed by atoms with Gasteiger partial charge in [0.1, 0.15) is 0 Å². The molecular formula is C14H17N3O4. The molecule has 0 aliphatic carbocycles. The summed E-state index contributed by atoms with van der Waals surface area (Å²) in [5.74, 6) is -1.50. The number of nitrogens with two attached hydrogens (primary N) is 1. The topological polar surface area (TPSA) is 113 Å². The van der Waals surface area contributed by atoms with E-state index in [0.717, 1.165) is 0 Å². The number of rotatable bonds is 3. The van der Waals surface area contributed by atoms with Crippen LogP contribution in [-0.4, -0.2) is 41.0 Å². The average molecular weight is 291 g/mol. The maximum absolute atomic E-state index is 12.0. The largest absolute Gasteiger partial charge is 0.478 e. The van der Waals surface area contributed by atoms with E-state index in [1.54, 1.807) is 4.90 Å². The van der Waals surface area contributed by atoms with Crippen molar-refractivity contribution in [2.24, 2.45) is 11.7 Å². The zero-order valence-corrected chi connectivity index (χ0v) is 11.4. The highest BCUT2D eigenvalue weighted by molar-refractivity contribution is 5.91. The molecule has 7 nitrogen and oxygen atoms in total. The van der Waals surface area contributed by atoms with Crippen LogP contribution in [0.2, 0.25) is 0 Å². The van der Waals surface area contributed by atoms with Gasteiger partial charge in [-0.05, 0) is 37.1 Å². The van der Waals surface area contributed by atoms with Crippen molar-refractivity contribution in [1.82, 2.24) is 4.90 Å². The third-order valence-corrected chi connectivity index (χ3v) is 3.57. The molecule has 7 heteroatoms. The number of carbonyl (C=O) groups excluding carboxylic acids is 2. The summed E-state index contributed by atoms with van der Waals surface area (Å²) in [4.78, 5) is 35.5. The van der Waals surface area contributed by atoms with Crippen LogP contribution in [0.15, 0.2) is 24.3 Å². The minimum atomic E-state index is -1.01. The summed E-state index contributed by atoms with van der Waals surface area (Å²) in [5, 5.41) is 11.5. The molecule has 0 spiro atoms. The van der Waals surface area contributed by atoms with Gasteiger partial charge in [0, 0.05) is 24.7 Å². The number of hydrogen-bond donors (Lipinski definition) is 3. The second-order valence-electron chi connectivity index (χ2n) is 4.98. The van der Waals surface area contributed by atoms with Gasteiger partial charge in [0.2, 0.25) is 5.91 Å². The normalized spacial score (nSPS) is 15.5. The van der Waals surface area contributed by atoms with Crippen LogP contribution >= 0.6 is 0 Å². The minimum absolute atomic E-state index is 0.162. The highest BCUT2D eigenvalue weighted by Gasteiger charge is 2.25. The molecule has 0 saturated carbocycles. The summed E-state index contributed by atoms with van der Waals surface area (Å²) < 4.78 is 0. The molecule has 1 aliphatic heterocycles. The van der Waals surface area contributed by atoms with E-state index in [1.807, 2.05) is 0 Å². The number of aromatic carboxylic acids is 1. The average Bonchev–Trinajstić information content (AvgIpc) is 2.47. The highest BCUT2D eigenvalue weighted by Crippen LogP contribution is 2.18. The number of benzene rings is 1. The van der Waals surface area contributed by atoms with E-state index in [4.69, 9.17) is 10.8 Å². The minimum Gasteiger partial charge on any atom is -0.478 e. The van der Waals surface area contributed by atoms with Crippen molar-refractivity contribution < 1.29 is 19.5 Å². The quantitative estimate of drug-likeness (QED) is 0.774. The van der Waals surface area contributed by atoms with Gasteiger partial charge in [0.05, 0.1) is 5.56 Å². The molecule has 0 unspecified atom stereocenters. The number of primary amides is 1. The zero-order valence-electron chi connectivity index (χ0n) is 11.4. The molecule has 0 radical (unpaired) electrons. The predicted molar refractivity (Wildman–Crippen MR) is 75.9 cm³/mol. The van der Waals surface area contributed by atoms with Gasteiger partial charge in [0.25, 0.3) is 0 Å². The molecule has 112 valence electrons. The number of urea groups is 1. The lowest BCUT2D eigenvalue weighted by atomic mass is 9.96. The number of amides is 3. The van der Waals surface area contributed by atoms with E-state index in [-0.39, 0.29) is 23.4 Å². The van der Waals surface area contributed by atoms with Gasteiger partial charge in [-0.3, -0.25) is 4.79 Å². The molecule has 3 amide bonds. The molecule has 21 heavy (non-hydrogen) atoms. The molecule has 1 fully saturated rings. The molecule has 2 rings (SSSR count). The Labute approximate surface area is 121 Å². The summed E-state index contributed by atoms with van der Waals surface area (Å²) in [5.41, 5.74) is 5.94. The van der Waals surface area contributed by atoms with Crippen molar-refractivity contribution in [3.8, 4) is 0 Å². The Kier molecular flexibility index (Phi) is 4.42.